The van der Waals surface area contributed by atoms with Crippen molar-refractivity contribution in [1.82, 2.24) is 4.90 Å². The van der Waals surface area contributed by atoms with E-state index >= 15 is 0 Å². The topological polar surface area (TPSA) is 62.3 Å². The van der Waals surface area contributed by atoms with Crippen LogP contribution in [-0.2, 0) is 11.3 Å². The molecule has 1 aromatic carbocycles. The van der Waals surface area contributed by atoms with Gasteiger partial charge in [0, 0.05) is 31.8 Å². The van der Waals surface area contributed by atoms with E-state index < -0.39 is 0 Å². The van der Waals surface area contributed by atoms with Crippen molar-refractivity contribution in [3.05, 3.63) is 35.4 Å². The average Bonchev–Trinajstić information content (AvgIpc) is 2.42. The molecule has 0 amide bonds. The van der Waals surface area contributed by atoms with E-state index in [4.69, 9.17) is 15.9 Å². The second kappa shape index (κ2) is 7.92. The van der Waals surface area contributed by atoms with E-state index in [-0.39, 0.29) is 5.84 Å². The summed E-state index contributed by atoms with van der Waals surface area (Å²) < 4.78 is 5.17. The molecule has 1 atom stereocenters. The number of nitrogens with one attached hydrogen (secondary N) is 1. The van der Waals surface area contributed by atoms with Crippen LogP contribution in [0.4, 0.5) is 0 Å². The van der Waals surface area contributed by atoms with E-state index in [1.165, 1.54) is 0 Å². The van der Waals surface area contributed by atoms with Crippen LogP contribution in [0.25, 0.3) is 0 Å². The number of nitrogens with zero attached hydrogens (tertiary/aromatic N) is 1. The third kappa shape index (κ3) is 4.65. The van der Waals surface area contributed by atoms with Gasteiger partial charge in [-0.2, -0.15) is 0 Å². The van der Waals surface area contributed by atoms with Crippen molar-refractivity contribution in [1.29, 1.82) is 5.41 Å². The molecule has 0 saturated heterocycles. The fraction of sp³-hybridized carbons (Fsp3) is 0.533. The van der Waals surface area contributed by atoms with Gasteiger partial charge in [-0.05, 0) is 18.9 Å². The molecule has 0 aliphatic heterocycles. The van der Waals surface area contributed by atoms with E-state index in [1.54, 1.807) is 7.11 Å². The Morgan fingerprint density at radius 1 is 1.42 bits per heavy atom. The molecule has 1 rings (SSSR count). The Labute approximate surface area is 116 Å². The summed E-state index contributed by atoms with van der Waals surface area (Å²) in [7, 11) is 1.72. The van der Waals surface area contributed by atoms with Crippen LogP contribution in [0.5, 0.6) is 0 Å². The fourth-order valence-corrected chi connectivity index (χ4v) is 2.06. The van der Waals surface area contributed by atoms with Crippen LogP contribution in [-0.4, -0.2) is 37.0 Å². The van der Waals surface area contributed by atoms with Gasteiger partial charge in [0.2, 0.25) is 0 Å². The van der Waals surface area contributed by atoms with Crippen molar-refractivity contribution in [2.24, 2.45) is 5.73 Å². The zero-order valence-electron chi connectivity index (χ0n) is 12.1. The van der Waals surface area contributed by atoms with Gasteiger partial charge in [-0.1, -0.05) is 31.2 Å². The normalized spacial score (nSPS) is 12.6. The minimum Gasteiger partial charge on any atom is -0.384 e. The van der Waals surface area contributed by atoms with Crippen LogP contribution in [0.3, 0.4) is 0 Å². The summed E-state index contributed by atoms with van der Waals surface area (Å²) in [5, 5.41) is 7.65. The van der Waals surface area contributed by atoms with Gasteiger partial charge in [-0.3, -0.25) is 10.3 Å². The predicted octanol–water partition coefficient (Wildman–Crippen LogP) is 2.22. The summed E-state index contributed by atoms with van der Waals surface area (Å²) in [5.41, 5.74) is 7.57. The van der Waals surface area contributed by atoms with Crippen molar-refractivity contribution in [3.8, 4) is 0 Å². The average molecular weight is 263 g/mol. The summed E-state index contributed by atoms with van der Waals surface area (Å²) >= 11 is 0. The Morgan fingerprint density at radius 3 is 2.68 bits per heavy atom. The number of ether oxygens (including phenoxy) is 1. The lowest BCUT2D eigenvalue weighted by atomic mass is 10.1. The molecule has 1 unspecified atom stereocenters. The number of amidine groups is 1. The van der Waals surface area contributed by atoms with Crippen LogP contribution < -0.4 is 5.73 Å². The summed E-state index contributed by atoms with van der Waals surface area (Å²) in [6.07, 6.45) is 1.09. The zero-order valence-corrected chi connectivity index (χ0v) is 12.1. The highest BCUT2D eigenvalue weighted by atomic mass is 16.5. The number of nitrogen functional groups attached to an aromatic ring is 1. The quantitative estimate of drug-likeness (QED) is 0.558. The number of methoxy groups -OCH3 is 1. The van der Waals surface area contributed by atoms with Crippen LogP contribution in [0.1, 0.15) is 31.4 Å². The standard InChI is InChI=1S/C15H25N3O/c1-4-12(2)18(9-10-19-3)11-13-7-5-6-8-14(13)15(16)17/h5-8,12H,4,9-11H2,1-3H3,(H3,16,17). The smallest absolute Gasteiger partial charge is 0.123 e. The molecular formula is C15H25N3O. The number of nitrogens with two attached hydrogens (primary N) is 1. The van der Waals surface area contributed by atoms with Crippen molar-refractivity contribution < 1.29 is 4.74 Å². The van der Waals surface area contributed by atoms with Gasteiger partial charge < -0.3 is 10.5 Å². The van der Waals surface area contributed by atoms with Gasteiger partial charge in [0.05, 0.1) is 6.61 Å². The van der Waals surface area contributed by atoms with E-state index in [9.17, 15) is 0 Å². The largest absolute Gasteiger partial charge is 0.384 e. The van der Waals surface area contributed by atoms with Gasteiger partial charge in [-0.15, -0.1) is 0 Å². The summed E-state index contributed by atoms with van der Waals surface area (Å²) in [4.78, 5) is 2.37. The Bertz CT molecular complexity index is 406. The fourth-order valence-electron chi connectivity index (χ4n) is 2.06. The van der Waals surface area contributed by atoms with Crippen molar-refractivity contribution >= 4 is 5.84 Å². The van der Waals surface area contributed by atoms with Gasteiger partial charge in [0.1, 0.15) is 5.84 Å². The van der Waals surface area contributed by atoms with Crippen molar-refractivity contribution in [3.63, 3.8) is 0 Å². The molecule has 0 spiro atoms. The van der Waals surface area contributed by atoms with Crippen molar-refractivity contribution in [2.45, 2.75) is 32.9 Å². The molecule has 19 heavy (non-hydrogen) atoms. The molecule has 0 radical (unpaired) electrons. The Balaban J connectivity index is 2.86. The molecule has 106 valence electrons. The lowest BCUT2D eigenvalue weighted by molar-refractivity contribution is 0.118. The van der Waals surface area contributed by atoms with Gasteiger partial charge in [0.15, 0.2) is 0 Å². The number of benzene rings is 1. The Kier molecular flexibility index (Phi) is 6.53. The van der Waals surface area contributed by atoms with E-state index in [1.807, 2.05) is 24.3 Å². The highest BCUT2D eigenvalue weighted by Gasteiger charge is 2.14. The van der Waals surface area contributed by atoms with Crippen LogP contribution >= 0.6 is 0 Å². The van der Waals surface area contributed by atoms with Crippen molar-refractivity contribution in [2.75, 3.05) is 20.3 Å². The minimum atomic E-state index is 0.131. The van der Waals surface area contributed by atoms with Gasteiger partial charge in [0.25, 0.3) is 0 Å². The molecule has 3 N–H and O–H groups in total. The van der Waals surface area contributed by atoms with E-state index in [0.717, 1.165) is 30.6 Å². The Morgan fingerprint density at radius 2 is 2.11 bits per heavy atom. The summed E-state index contributed by atoms with van der Waals surface area (Å²) in [6, 6.07) is 8.34. The molecule has 4 nitrogen and oxygen atoms in total. The SMILES string of the molecule is CCC(C)N(CCOC)Cc1ccccc1C(=N)N. The maximum Gasteiger partial charge on any atom is 0.123 e. The molecule has 0 saturated carbocycles. The minimum absolute atomic E-state index is 0.131. The number of hydrogen-bond acceptors (Lipinski definition) is 3. The third-order valence-corrected chi connectivity index (χ3v) is 3.48. The summed E-state index contributed by atoms with van der Waals surface area (Å²) in [5.74, 6) is 0.131. The molecule has 0 aliphatic carbocycles. The summed E-state index contributed by atoms with van der Waals surface area (Å²) in [6.45, 7) is 6.80. The second-order valence-corrected chi connectivity index (χ2v) is 4.79. The zero-order chi connectivity index (χ0) is 14.3. The molecule has 1 aromatic rings. The highest BCUT2D eigenvalue weighted by Crippen LogP contribution is 2.14. The highest BCUT2D eigenvalue weighted by molar-refractivity contribution is 5.96. The molecule has 0 aromatic heterocycles. The second-order valence-electron chi connectivity index (χ2n) is 4.79. The predicted molar refractivity (Wildman–Crippen MR) is 79.5 cm³/mol. The first-order valence-corrected chi connectivity index (χ1v) is 6.75. The lowest BCUT2D eigenvalue weighted by Gasteiger charge is -2.28. The first-order chi connectivity index (χ1) is 9.10. The van der Waals surface area contributed by atoms with Crippen LogP contribution in [0.15, 0.2) is 24.3 Å². The first kappa shape index (κ1) is 15.7. The monoisotopic (exact) mass is 263 g/mol. The first-order valence-electron chi connectivity index (χ1n) is 6.75. The third-order valence-electron chi connectivity index (χ3n) is 3.48. The maximum atomic E-state index is 7.65. The van der Waals surface area contributed by atoms with Gasteiger partial charge in [-0.25, -0.2) is 0 Å². The van der Waals surface area contributed by atoms with Crippen LogP contribution in [0, 0.1) is 5.41 Å². The maximum absolute atomic E-state index is 7.65. The molecule has 4 heteroatoms. The van der Waals surface area contributed by atoms with Crippen LogP contribution in [0.2, 0.25) is 0 Å². The number of rotatable bonds is 8. The van der Waals surface area contributed by atoms with E-state index in [0.29, 0.717) is 12.6 Å². The van der Waals surface area contributed by atoms with Gasteiger partial charge >= 0.3 is 0 Å². The Hall–Kier alpha value is -1.39. The molecule has 0 bridgehead atoms. The molecular weight excluding hydrogens is 238 g/mol. The number of hydrogen-bond donors (Lipinski definition) is 2. The molecule has 0 heterocycles. The van der Waals surface area contributed by atoms with E-state index in [2.05, 4.69) is 18.7 Å². The lowest BCUT2D eigenvalue weighted by Crippen LogP contribution is -2.35. The molecule has 0 fully saturated rings. The molecule has 0 aliphatic rings.